The van der Waals surface area contributed by atoms with E-state index in [0.29, 0.717) is 12.0 Å². The van der Waals surface area contributed by atoms with Crippen LogP contribution < -0.4 is 10.6 Å². The Labute approximate surface area is 298 Å². The maximum atomic E-state index is 15.0. The fourth-order valence-corrected chi connectivity index (χ4v) is 7.19. The quantitative estimate of drug-likeness (QED) is 0.200. The summed E-state index contributed by atoms with van der Waals surface area (Å²) in [6.07, 6.45) is -3.25. The fraction of sp³-hybridized carbons (Fsp3) is 0.730. The highest BCUT2D eigenvalue weighted by molar-refractivity contribution is 5.87. The number of nitrogens with zero attached hydrogens (tertiary/aromatic N) is 3. The van der Waals surface area contributed by atoms with Crippen molar-refractivity contribution in [2.75, 3.05) is 48.5 Å². The average Bonchev–Trinajstić information content (AvgIpc) is 3.47. The summed E-state index contributed by atoms with van der Waals surface area (Å²) in [4.78, 5) is 58.4. The molecule has 12 nitrogen and oxygen atoms in total. The van der Waals surface area contributed by atoms with Gasteiger partial charge in [0.25, 0.3) is 0 Å². The Morgan fingerprint density at radius 1 is 1.00 bits per heavy atom. The fourth-order valence-electron chi connectivity index (χ4n) is 7.19. The molecule has 1 heterocycles. The second-order valence-electron chi connectivity index (χ2n) is 14.3. The summed E-state index contributed by atoms with van der Waals surface area (Å²) in [5.74, 6) is -2.15. The maximum Gasteiger partial charge on any atom is 0.242 e. The van der Waals surface area contributed by atoms with Crippen molar-refractivity contribution < 1.29 is 38.1 Å². The zero-order chi connectivity index (χ0) is 37.9. The minimum atomic E-state index is -1.31. The van der Waals surface area contributed by atoms with Crippen LogP contribution in [-0.4, -0.2) is 134 Å². The van der Waals surface area contributed by atoms with Crippen molar-refractivity contribution in [3.8, 4) is 0 Å². The largest absolute Gasteiger partial charge is 0.386 e. The highest BCUT2D eigenvalue weighted by Crippen LogP contribution is 2.31. The Morgan fingerprint density at radius 2 is 1.62 bits per heavy atom. The Bertz CT molecular complexity index is 1230. The van der Waals surface area contributed by atoms with Crippen LogP contribution in [0.4, 0.5) is 4.39 Å². The molecule has 2 rings (SSSR count). The Morgan fingerprint density at radius 3 is 2.14 bits per heavy atom. The molecule has 0 bridgehead atoms. The predicted molar refractivity (Wildman–Crippen MR) is 191 cm³/mol. The van der Waals surface area contributed by atoms with E-state index in [-0.39, 0.29) is 55.5 Å². The molecule has 1 aliphatic heterocycles. The normalized spacial score (nSPS) is 21.1. The zero-order valence-corrected chi connectivity index (χ0v) is 31.9. The third-order valence-electron chi connectivity index (χ3n) is 10.2. The number of hydrogen-bond donors (Lipinski definition) is 3. The standard InChI is InChI=1S/C37H62FN5O7/c1-12-23(4)33(42(9)31(45)20-39-37(48)32(22(2)3)41(7)8)29(49-10)19-30(44)43-21-27(38)18-28(43)35(50-11)24(5)36(47)40-25(6)34(46)26-16-14-13-15-17-26/h13-17,22-25,27-29,32-35,46H,12,18-21H2,1-11H3,(H,39,48)(H,40,47). The summed E-state index contributed by atoms with van der Waals surface area (Å²) in [5.41, 5.74) is 0.661. The smallest absolute Gasteiger partial charge is 0.242 e. The third kappa shape index (κ3) is 11.2. The molecular formula is C37H62FN5O7. The number of likely N-dealkylation sites (tertiary alicyclic amines) is 1. The Balaban J connectivity index is 2.19. The van der Waals surface area contributed by atoms with Crippen molar-refractivity contribution in [1.82, 2.24) is 25.3 Å². The van der Waals surface area contributed by atoms with Gasteiger partial charge >= 0.3 is 0 Å². The Kier molecular flexibility index (Phi) is 17.3. The van der Waals surface area contributed by atoms with E-state index in [4.69, 9.17) is 9.47 Å². The highest BCUT2D eigenvalue weighted by atomic mass is 19.1. The van der Waals surface area contributed by atoms with Crippen LogP contribution >= 0.6 is 0 Å². The first kappa shape index (κ1) is 43.0. The third-order valence-corrected chi connectivity index (χ3v) is 10.2. The van der Waals surface area contributed by atoms with Gasteiger partial charge in [0.2, 0.25) is 23.6 Å². The number of nitrogens with one attached hydrogen (secondary N) is 2. The number of carbonyl (C=O) groups is 4. The van der Waals surface area contributed by atoms with Gasteiger partial charge in [-0.3, -0.25) is 24.1 Å². The van der Waals surface area contributed by atoms with Gasteiger partial charge in [-0.1, -0.05) is 71.4 Å². The summed E-state index contributed by atoms with van der Waals surface area (Å²) >= 11 is 0. The van der Waals surface area contributed by atoms with Gasteiger partial charge in [0.15, 0.2) is 0 Å². The zero-order valence-electron chi connectivity index (χ0n) is 31.9. The second kappa shape index (κ2) is 20.0. The molecule has 10 atom stereocenters. The molecule has 10 unspecified atom stereocenters. The van der Waals surface area contributed by atoms with Crippen LogP contribution in [0.5, 0.6) is 0 Å². The van der Waals surface area contributed by atoms with Gasteiger partial charge in [0.05, 0.1) is 67.9 Å². The first-order chi connectivity index (χ1) is 23.5. The molecule has 0 aliphatic carbocycles. The minimum Gasteiger partial charge on any atom is -0.386 e. The van der Waals surface area contributed by atoms with E-state index < -0.39 is 60.5 Å². The number of aliphatic hydroxyl groups is 1. The number of benzene rings is 1. The van der Waals surface area contributed by atoms with Crippen LogP contribution in [0.3, 0.4) is 0 Å². The number of carbonyl (C=O) groups excluding carboxylic acids is 4. The molecule has 0 spiro atoms. The second-order valence-corrected chi connectivity index (χ2v) is 14.3. The lowest BCUT2D eigenvalue weighted by atomic mass is 9.90. The summed E-state index contributed by atoms with van der Waals surface area (Å²) in [5, 5.41) is 16.4. The number of halogens is 1. The topological polar surface area (TPSA) is 141 Å². The van der Waals surface area contributed by atoms with Crippen molar-refractivity contribution in [1.29, 1.82) is 0 Å². The number of aliphatic hydroxyl groups excluding tert-OH is 1. The summed E-state index contributed by atoms with van der Waals surface area (Å²) in [6.45, 7) is 10.8. The summed E-state index contributed by atoms with van der Waals surface area (Å²) in [7, 11) is 8.18. The number of ether oxygens (including phenoxy) is 2. The lowest BCUT2D eigenvalue weighted by Crippen LogP contribution is -2.55. The van der Waals surface area contributed by atoms with Crippen molar-refractivity contribution in [2.24, 2.45) is 17.8 Å². The van der Waals surface area contributed by atoms with E-state index in [1.807, 2.05) is 52.8 Å². The predicted octanol–water partition coefficient (Wildman–Crippen LogP) is 2.80. The number of methoxy groups -OCH3 is 2. The van der Waals surface area contributed by atoms with E-state index >= 15 is 4.39 Å². The monoisotopic (exact) mass is 707 g/mol. The molecule has 1 aromatic rings. The van der Waals surface area contributed by atoms with E-state index in [2.05, 4.69) is 10.6 Å². The number of hydrogen-bond acceptors (Lipinski definition) is 8. The average molecular weight is 708 g/mol. The van der Waals surface area contributed by atoms with Gasteiger partial charge in [-0.2, -0.15) is 0 Å². The SMILES string of the molecule is CCC(C)C(C(CC(=O)N1CC(F)CC1C(OC)C(C)C(=O)NC(C)C(O)c1ccccc1)OC)N(C)C(=O)CNC(=O)C(C(C)C)N(C)C. The van der Waals surface area contributed by atoms with Gasteiger partial charge in [0, 0.05) is 27.7 Å². The first-order valence-electron chi connectivity index (χ1n) is 17.7. The van der Waals surface area contributed by atoms with Gasteiger partial charge in [-0.05, 0) is 38.4 Å². The van der Waals surface area contributed by atoms with Crippen LogP contribution in [0, 0.1) is 17.8 Å². The van der Waals surface area contributed by atoms with Crippen LogP contribution in [0.1, 0.15) is 72.5 Å². The lowest BCUT2D eigenvalue weighted by Gasteiger charge is -2.39. The molecule has 50 heavy (non-hydrogen) atoms. The van der Waals surface area contributed by atoms with E-state index in [9.17, 15) is 24.3 Å². The Hall–Kier alpha value is -3.13. The molecule has 0 saturated carbocycles. The number of rotatable bonds is 19. The van der Waals surface area contributed by atoms with Crippen LogP contribution in [0.15, 0.2) is 30.3 Å². The lowest BCUT2D eigenvalue weighted by molar-refractivity contribution is -0.146. The van der Waals surface area contributed by atoms with Gasteiger partial charge in [-0.15, -0.1) is 0 Å². The van der Waals surface area contributed by atoms with Crippen molar-refractivity contribution in [3.05, 3.63) is 35.9 Å². The number of alkyl halides is 1. The number of likely N-dealkylation sites (N-methyl/N-ethyl adjacent to an activating group) is 2. The van der Waals surface area contributed by atoms with Crippen LogP contribution in [0.25, 0.3) is 0 Å². The van der Waals surface area contributed by atoms with E-state index in [1.54, 1.807) is 45.2 Å². The van der Waals surface area contributed by atoms with E-state index in [1.165, 1.54) is 24.0 Å². The molecule has 284 valence electrons. The molecule has 3 N–H and O–H groups in total. The van der Waals surface area contributed by atoms with Crippen LogP contribution in [0.2, 0.25) is 0 Å². The van der Waals surface area contributed by atoms with E-state index in [0.717, 1.165) is 0 Å². The molecule has 1 saturated heterocycles. The maximum absolute atomic E-state index is 15.0. The molecule has 1 fully saturated rings. The highest BCUT2D eigenvalue weighted by Gasteiger charge is 2.45. The van der Waals surface area contributed by atoms with Crippen molar-refractivity contribution in [3.63, 3.8) is 0 Å². The molecule has 1 aromatic carbocycles. The first-order valence-corrected chi connectivity index (χ1v) is 17.7. The number of amides is 4. The van der Waals surface area contributed by atoms with Gasteiger partial charge in [-0.25, -0.2) is 4.39 Å². The molecular weight excluding hydrogens is 645 g/mol. The van der Waals surface area contributed by atoms with Crippen molar-refractivity contribution in [2.45, 2.75) is 109 Å². The molecule has 4 amide bonds. The van der Waals surface area contributed by atoms with Crippen LogP contribution in [-0.2, 0) is 28.7 Å². The van der Waals surface area contributed by atoms with Gasteiger partial charge < -0.3 is 35.0 Å². The molecule has 0 aromatic heterocycles. The molecule has 13 heteroatoms. The van der Waals surface area contributed by atoms with Crippen molar-refractivity contribution >= 4 is 23.6 Å². The molecule has 1 aliphatic rings. The summed E-state index contributed by atoms with van der Waals surface area (Å²) in [6, 6.07) is 6.74. The van der Waals surface area contributed by atoms with Gasteiger partial charge in [0.1, 0.15) is 6.17 Å². The summed E-state index contributed by atoms with van der Waals surface area (Å²) < 4.78 is 26.7. The minimum absolute atomic E-state index is 0.00108. The molecule has 0 radical (unpaired) electrons.